The van der Waals surface area contributed by atoms with E-state index in [1.807, 2.05) is 25.1 Å². The van der Waals surface area contributed by atoms with Gasteiger partial charge in [-0.3, -0.25) is 0 Å². The Morgan fingerprint density at radius 1 is 1.60 bits per heavy atom. The molecule has 1 rings (SSSR count). The van der Waals surface area contributed by atoms with E-state index in [1.165, 1.54) is 0 Å². The molecule has 0 heterocycles. The molecule has 0 saturated heterocycles. The van der Waals surface area contributed by atoms with Gasteiger partial charge in [0.1, 0.15) is 12.4 Å². The minimum absolute atomic E-state index is 0.0657. The van der Waals surface area contributed by atoms with Gasteiger partial charge in [-0.2, -0.15) is 0 Å². The lowest BCUT2D eigenvalue weighted by molar-refractivity contribution is 0.358. The molecule has 0 fully saturated rings. The van der Waals surface area contributed by atoms with Gasteiger partial charge >= 0.3 is 0 Å². The van der Waals surface area contributed by atoms with Crippen LogP contribution in [0.15, 0.2) is 30.9 Å². The van der Waals surface area contributed by atoms with Crippen molar-refractivity contribution in [2.75, 3.05) is 6.61 Å². The van der Waals surface area contributed by atoms with Gasteiger partial charge in [-0.05, 0) is 25.5 Å². The predicted molar refractivity (Wildman–Crippen MR) is 64.5 cm³/mol. The molecule has 1 unspecified atom stereocenters. The predicted octanol–water partition coefficient (Wildman–Crippen LogP) is 2.79. The van der Waals surface area contributed by atoms with Crippen LogP contribution in [0.3, 0.4) is 0 Å². The van der Waals surface area contributed by atoms with Crippen molar-refractivity contribution in [1.29, 1.82) is 0 Å². The van der Waals surface area contributed by atoms with Crippen LogP contribution in [0.2, 0.25) is 5.02 Å². The van der Waals surface area contributed by atoms with E-state index in [0.717, 1.165) is 11.3 Å². The molecule has 0 spiro atoms. The van der Waals surface area contributed by atoms with Gasteiger partial charge in [-0.25, -0.2) is 0 Å². The zero-order valence-electron chi connectivity index (χ0n) is 8.87. The normalized spacial score (nSPS) is 12.2. The Labute approximate surface area is 95.7 Å². The first-order chi connectivity index (χ1) is 7.15. The summed E-state index contributed by atoms with van der Waals surface area (Å²) >= 11 is 6.09. The molecule has 0 bridgehead atoms. The molecule has 2 nitrogen and oxygen atoms in total. The highest BCUT2D eigenvalue weighted by Crippen LogP contribution is 2.27. The molecular weight excluding hydrogens is 210 g/mol. The number of hydrogen-bond donors (Lipinski definition) is 1. The average Bonchev–Trinajstić information content (AvgIpc) is 2.18. The van der Waals surface area contributed by atoms with Crippen molar-refractivity contribution in [2.24, 2.45) is 5.73 Å². The molecule has 1 atom stereocenters. The second-order valence-electron chi connectivity index (χ2n) is 3.50. The number of rotatable bonds is 5. The van der Waals surface area contributed by atoms with E-state index >= 15 is 0 Å². The topological polar surface area (TPSA) is 35.2 Å². The zero-order chi connectivity index (χ0) is 11.3. The van der Waals surface area contributed by atoms with Gasteiger partial charge in [0.05, 0.1) is 0 Å². The molecule has 0 aliphatic heterocycles. The van der Waals surface area contributed by atoms with E-state index in [9.17, 15) is 0 Å². The van der Waals surface area contributed by atoms with Crippen molar-refractivity contribution in [3.63, 3.8) is 0 Å². The standard InChI is InChI=1S/C12H16ClNO/c1-3-7-15-12-6-4-5-11(13)10(12)8-9(2)14/h3-6,9H,1,7-8,14H2,2H3. The van der Waals surface area contributed by atoms with Crippen molar-refractivity contribution in [1.82, 2.24) is 0 Å². The summed E-state index contributed by atoms with van der Waals surface area (Å²) in [5.74, 6) is 0.791. The second-order valence-corrected chi connectivity index (χ2v) is 3.90. The fraction of sp³-hybridized carbons (Fsp3) is 0.333. The maximum absolute atomic E-state index is 6.09. The van der Waals surface area contributed by atoms with E-state index in [1.54, 1.807) is 6.08 Å². The number of halogens is 1. The SMILES string of the molecule is C=CCOc1cccc(Cl)c1CC(C)N. The zero-order valence-corrected chi connectivity index (χ0v) is 9.63. The van der Waals surface area contributed by atoms with Gasteiger partial charge in [0, 0.05) is 16.6 Å². The maximum atomic E-state index is 6.09. The van der Waals surface area contributed by atoms with Crippen LogP contribution in [-0.2, 0) is 6.42 Å². The fourth-order valence-corrected chi connectivity index (χ4v) is 1.59. The summed E-state index contributed by atoms with van der Waals surface area (Å²) in [5.41, 5.74) is 6.73. The molecule has 3 heteroatoms. The van der Waals surface area contributed by atoms with E-state index in [2.05, 4.69) is 6.58 Å². The highest BCUT2D eigenvalue weighted by molar-refractivity contribution is 6.31. The van der Waals surface area contributed by atoms with E-state index in [-0.39, 0.29) is 6.04 Å². The molecule has 0 saturated carbocycles. The Morgan fingerprint density at radius 2 is 2.33 bits per heavy atom. The third kappa shape index (κ3) is 3.57. The number of hydrogen-bond acceptors (Lipinski definition) is 2. The van der Waals surface area contributed by atoms with Gasteiger partial charge in [0.2, 0.25) is 0 Å². The lowest BCUT2D eigenvalue weighted by Crippen LogP contribution is -2.18. The van der Waals surface area contributed by atoms with Crippen molar-refractivity contribution in [3.05, 3.63) is 41.4 Å². The molecule has 15 heavy (non-hydrogen) atoms. The highest BCUT2D eigenvalue weighted by Gasteiger charge is 2.09. The van der Waals surface area contributed by atoms with Crippen LogP contribution in [0.5, 0.6) is 5.75 Å². The Balaban J connectivity index is 2.91. The third-order valence-corrected chi connectivity index (χ3v) is 2.31. The van der Waals surface area contributed by atoms with Crippen LogP contribution in [0.4, 0.5) is 0 Å². The lowest BCUT2D eigenvalue weighted by atomic mass is 10.1. The first kappa shape index (κ1) is 12.1. The number of benzene rings is 1. The van der Waals surface area contributed by atoms with Gasteiger partial charge in [-0.1, -0.05) is 30.3 Å². The summed E-state index contributed by atoms with van der Waals surface area (Å²) < 4.78 is 5.51. The van der Waals surface area contributed by atoms with Crippen LogP contribution < -0.4 is 10.5 Å². The van der Waals surface area contributed by atoms with Gasteiger partial charge < -0.3 is 10.5 Å². The second kappa shape index (κ2) is 5.79. The van der Waals surface area contributed by atoms with Crippen molar-refractivity contribution in [3.8, 4) is 5.75 Å². The third-order valence-electron chi connectivity index (χ3n) is 1.96. The highest BCUT2D eigenvalue weighted by atomic mass is 35.5. The summed E-state index contributed by atoms with van der Waals surface area (Å²) in [6.45, 7) is 6.03. The first-order valence-corrected chi connectivity index (χ1v) is 5.29. The van der Waals surface area contributed by atoms with Crippen LogP contribution in [0.25, 0.3) is 0 Å². The lowest BCUT2D eigenvalue weighted by Gasteiger charge is -2.13. The summed E-state index contributed by atoms with van der Waals surface area (Å²) in [4.78, 5) is 0. The smallest absolute Gasteiger partial charge is 0.124 e. The van der Waals surface area contributed by atoms with Gasteiger partial charge in [-0.15, -0.1) is 0 Å². The minimum atomic E-state index is 0.0657. The molecular formula is C12H16ClNO. The summed E-state index contributed by atoms with van der Waals surface area (Å²) in [5, 5.41) is 0.703. The molecule has 1 aromatic rings. The molecule has 1 aromatic carbocycles. The summed E-state index contributed by atoms with van der Waals surface area (Å²) in [6, 6.07) is 5.68. The molecule has 0 radical (unpaired) electrons. The van der Waals surface area contributed by atoms with E-state index in [4.69, 9.17) is 22.1 Å². The largest absolute Gasteiger partial charge is 0.489 e. The van der Waals surface area contributed by atoms with E-state index < -0.39 is 0 Å². The van der Waals surface area contributed by atoms with Crippen molar-refractivity contribution >= 4 is 11.6 Å². The van der Waals surface area contributed by atoms with E-state index in [0.29, 0.717) is 18.1 Å². The first-order valence-electron chi connectivity index (χ1n) is 4.91. The molecule has 0 aromatic heterocycles. The fourth-order valence-electron chi connectivity index (χ4n) is 1.34. The minimum Gasteiger partial charge on any atom is -0.489 e. The van der Waals surface area contributed by atoms with Crippen LogP contribution >= 0.6 is 11.6 Å². The summed E-state index contributed by atoms with van der Waals surface area (Å²) in [7, 11) is 0. The van der Waals surface area contributed by atoms with Crippen molar-refractivity contribution in [2.45, 2.75) is 19.4 Å². The molecule has 0 amide bonds. The Morgan fingerprint density at radius 3 is 2.93 bits per heavy atom. The number of nitrogens with two attached hydrogens (primary N) is 1. The molecule has 82 valence electrons. The quantitative estimate of drug-likeness (QED) is 0.783. The van der Waals surface area contributed by atoms with Gasteiger partial charge in [0.25, 0.3) is 0 Å². The Bertz CT molecular complexity index is 336. The molecule has 0 aliphatic carbocycles. The van der Waals surface area contributed by atoms with Crippen molar-refractivity contribution < 1.29 is 4.74 Å². The Hall–Kier alpha value is -0.990. The maximum Gasteiger partial charge on any atom is 0.124 e. The molecule has 2 N–H and O–H groups in total. The summed E-state index contributed by atoms with van der Waals surface area (Å²) in [6.07, 6.45) is 2.42. The van der Waals surface area contributed by atoms with Crippen LogP contribution in [-0.4, -0.2) is 12.6 Å². The number of ether oxygens (including phenoxy) is 1. The van der Waals surface area contributed by atoms with Crippen LogP contribution in [0.1, 0.15) is 12.5 Å². The van der Waals surface area contributed by atoms with Crippen LogP contribution in [0, 0.1) is 0 Å². The molecule has 0 aliphatic rings. The van der Waals surface area contributed by atoms with Gasteiger partial charge in [0.15, 0.2) is 0 Å². The average molecular weight is 226 g/mol. The monoisotopic (exact) mass is 225 g/mol. The Kier molecular flexibility index (Phi) is 4.66.